The van der Waals surface area contributed by atoms with Gasteiger partial charge in [0.25, 0.3) is 5.91 Å². The van der Waals surface area contributed by atoms with Crippen LogP contribution in [-0.2, 0) is 11.2 Å². The number of fused-ring (bicyclic) bond motifs is 1. The Morgan fingerprint density at radius 2 is 2.12 bits per heavy atom. The Bertz CT molecular complexity index is 1440. The van der Waals surface area contributed by atoms with Gasteiger partial charge in [0, 0.05) is 20.0 Å². The van der Waals surface area contributed by atoms with Crippen LogP contribution in [0.1, 0.15) is 72.2 Å². The summed E-state index contributed by atoms with van der Waals surface area (Å²) in [4.78, 5) is 31.2. The number of nitrogens with zero attached hydrogens (tertiary/aromatic N) is 3. The number of ether oxygens (including phenoxy) is 1. The average Bonchev–Trinajstić information content (AvgIpc) is 3.67. The number of oxazole rings is 1. The van der Waals surface area contributed by atoms with Crippen molar-refractivity contribution in [2.24, 2.45) is 5.92 Å². The summed E-state index contributed by atoms with van der Waals surface area (Å²) < 4.78 is 84.9. The SMILES string of the molecule is CCc1nocc1C(=O)N[C@@H](c1nc2cc([C@@H](COC)N3C[C@@H](C(F)(F)F)NC3=O)ccc2o1)C1CCCC(F)(F)C1. The lowest BCUT2D eigenvalue weighted by atomic mass is 9.81. The Labute approximate surface area is 236 Å². The third-order valence-corrected chi connectivity index (χ3v) is 7.77. The van der Waals surface area contributed by atoms with E-state index in [0.717, 1.165) is 4.90 Å². The number of nitrogens with one attached hydrogen (secondary N) is 2. The lowest BCUT2D eigenvalue weighted by molar-refractivity contribution is -0.150. The van der Waals surface area contributed by atoms with Gasteiger partial charge in [-0.25, -0.2) is 18.6 Å². The Kier molecular flexibility index (Phi) is 8.14. The number of halogens is 5. The van der Waals surface area contributed by atoms with E-state index in [1.54, 1.807) is 19.1 Å². The van der Waals surface area contributed by atoms with Crippen LogP contribution in [-0.4, -0.2) is 65.4 Å². The fraction of sp³-hybridized carbons (Fsp3) is 0.556. The molecule has 1 saturated heterocycles. The molecule has 1 saturated carbocycles. The number of benzene rings is 1. The second kappa shape index (κ2) is 11.5. The highest BCUT2D eigenvalue weighted by atomic mass is 19.4. The topological polar surface area (TPSA) is 123 Å². The highest BCUT2D eigenvalue weighted by Gasteiger charge is 2.48. The van der Waals surface area contributed by atoms with Crippen molar-refractivity contribution >= 4 is 23.0 Å². The quantitative estimate of drug-likeness (QED) is 0.319. The number of aryl methyl sites for hydroxylation is 1. The summed E-state index contributed by atoms with van der Waals surface area (Å²) in [6, 6.07) is -0.148. The maximum absolute atomic E-state index is 14.5. The van der Waals surface area contributed by atoms with Gasteiger partial charge in [0.15, 0.2) is 5.58 Å². The first-order valence-electron chi connectivity index (χ1n) is 13.5. The van der Waals surface area contributed by atoms with Crippen LogP contribution in [0.25, 0.3) is 11.1 Å². The van der Waals surface area contributed by atoms with E-state index in [1.807, 2.05) is 5.32 Å². The van der Waals surface area contributed by atoms with Crippen LogP contribution >= 0.6 is 0 Å². The van der Waals surface area contributed by atoms with Crippen molar-refractivity contribution in [3.8, 4) is 0 Å². The number of urea groups is 1. The second-order valence-electron chi connectivity index (χ2n) is 10.6. The van der Waals surface area contributed by atoms with E-state index in [1.165, 1.54) is 19.4 Å². The van der Waals surface area contributed by atoms with Crippen molar-refractivity contribution in [1.82, 2.24) is 25.7 Å². The maximum Gasteiger partial charge on any atom is 0.410 e. The monoisotopic (exact) mass is 599 g/mol. The van der Waals surface area contributed by atoms with E-state index in [2.05, 4.69) is 15.5 Å². The molecule has 1 aliphatic carbocycles. The molecule has 15 heteroatoms. The van der Waals surface area contributed by atoms with Crippen molar-refractivity contribution < 1.29 is 45.2 Å². The average molecular weight is 600 g/mol. The molecule has 1 unspecified atom stereocenters. The number of hydrogen-bond donors (Lipinski definition) is 2. The Balaban J connectivity index is 1.47. The van der Waals surface area contributed by atoms with Gasteiger partial charge in [-0.2, -0.15) is 13.2 Å². The minimum absolute atomic E-state index is 0.00652. The van der Waals surface area contributed by atoms with Crippen LogP contribution in [0.3, 0.4) is 0 Å². The molecule has 2 aliphatic rings. The zero-order chi connectivity index (χ0) is 30.2. The maximum atomic E-state index is 14.5. The van der Waals surface area contributed by atoms with E-state index < -0.39 is 61.0 Å². The van der Waals surface area contributed by atoms with Gasteiger partial charge in [-0.1, -0.05) is 18.1 Å². The first kappa shape index (κ1) is 29.7. The van der Waals surface area contributed by atoms with Gasteiger partial charge < -0.3 is 29.2 Å². The Hall–Kier alpha value is -3.75. The van der Waals surface area contributed by atoms with Crippen LogP contribution in [0.15, 0.2) is 33.4 Å². The van der Waals surface area contributed by atoms with Crippen molar-refractivity contribution in [1.29, 1.82) is 0 Å². The molecule has 2 aromatic heterocycles. The van der Waals surface area contributed by atoms with Gasteiger partial charge >= 0.3 is 12.2 Å². The molecule has 2 N–H and O–H groups in total. The summed E-state index contributed by atoms with van der Waals surface area (Å²) in [5.41, 5.74) is 1.56. The number of rotatable bonds is 9. The number of amides is 3. The first-order valence-corrected chi connectivity index (χ1v) is 13.5. The van der Waals surface area contributed by atoms with Gasteiger partial charge in [-0.05, 0) is 42.9 Å². The van der Waals surface area contributed by atoms with Gasteiger partial charge in [0.05, 0.1) is 24.9 Å². The lowest BCUT2D eigenvalue weighted by Crippen LogP contribution is -2.40. The number of alkyl halides is 5. The minimum Gasteiger partial charge on any atom is -0.438 e. The molecule has 2 fully saturated rings. The highest BCUT2D eigenvalue weighted by Crippen LogP contribution is 2.43. The number of carbonyl (C=O) groups excluding carboxylic acids is 2. The van der Waals surface area contributed by atoms with Gasteiger partial charge in [0.2, 0.25) is 11.8 Å². The summed E-state index contributed by atoms with van der Waals surface area (Å²) in [5.74, 6) is -4.18. The number of carbonyl (C=O) groups is 2. The lowest BCUT2D eigenvalue weighted by Gasteiger charge is -2.33. The molecule has 4 atom stereocenters. The standard InChI is InChI=1S/C27H30F5N5O5/c1-3-17-16(12-41-36-17)23(38)35-22(15-5-4-8-26(28,29)10-15)24-33-18-9-14(6-7-20(18)42-24)19(13-40-2)37-11-21(27(30,31)32)34-25(37)39/h6-7,9,12,15,19,21-22H,3-5,8,10-11,13H2,1-2H3,(H,34,39)(H,35,38)/t15?,19-,21+,22-/m1/s1. The Morgan fingerprint density at radius 3 is 2.79 bits per heavy atom. The van der Waals surface area contributed by atoms with Crippen molar-refractivity contribution in [2.75, 3.05) is 20.3 Å². The third-order valence-electron chi connectivity index (χ3n) is 7.77. The number of aromatic nitrogens is 2. The van der Waals surface area contributed by atoms with Crippen LogP contribution in [0.5, 0.6) is 0 Å². The van der Waals surface area contributed by atoms with E-state index in [4.69, 9.17) is 13.7 Å². The number of hydrogen-bond acceptors (Lipinski definition) is 7. The fourth-order valence-electron chi connectivity index (χ4n) is 5.63. The Morgan fingerprint density at radius 1 is 1.33 bits per heavy atom. The molecule has 0 bridgehead atoms. The molecule has 3 heterocycles. The summed E-state index contributed by atoms with van der Waals surface area (Å²) in [6.45, 7) is 1.09. The molecule has 3 aromatic rings. The van der Waals surface area contributed by atoms with Crippen LogP contribution in [0.4, 0.5) is 26.7 Å². The summed E-state index contributed by atoms with van der Waals surface area (Å²) in [5, 5.41) is 8.54. The van der Waals surface area contributed by atoms with Gasteiger partial charge in [-0.3, -0.25) is 4.79 Å². The normalized spacial score (nSPS) is 22.3. The second-order valence-corrected chi connectivity index (χ2v) is 10.6. The molecule has 1 aromatic carbocycles. The predicted molar refractivity (Wildman–Crippen MR) is 137 cm³/mol. The van der Waals surface area contributed by atoms with Crippen molar-refractivity contribution in [3.05, 3.63) is 47.2 Å². The molecule has 1 aliphatic heterocycles. The number of methoxy groups -OCH3 is 1. The minimum atomic E-state index is -4.62. The highest BCUT2D eigenvalue weighted by molar-refractivity contribution is 5.95. The summed E-state index contributed by atoms with van der Waals surface area (Å²) in [6.07, 6.45) is -3.11. The van der Waals surface area contributed by atoms with E-state index in [-0.39, 0.29) is 42.0 Å². The van der Waals surface area contributed by atoms with Crippen molar-refractivity contribution in [3.63, 3.8) is 0 Å². The zero-order valence-corrected chi connectivity index (χ0v) is 22.8. The molecule has 0 radical (unpaired) electrons. The zero-order valence-electron chi connectivity index (χ0n) is 22.8. The third kappa shape index (κ3) is 6.05. The first-order chi connectivity index (χ1) is 19.9. The predicted octanol–water partition coefficient (Wildman–Crippen LogP) is 5.32. The molecule has 3 amide bonds. The fourth-order valence-corrected chi connectivity index (χ4v) is 5.63. The van der Waals surface area contributed by atoms with Gasteiger partial charge in [-0.15, -0.1) is 0 Å². The van der Waals surface area contributed by atoms with Crippen LogP contribution < -0.4 is 10.6 Å². The molecule has 5 rings (SSSR count). The summed E-state index contributed by atoms with van der Waals surface area (Å²) >= 11 is 0. The molecule has 0 spiro atoms. The molecular formula is C27H30F5N5O5. The molecular weight excluding hydrogens is 569 g/mol. The molecule has 228 valence electrons. The van der Waals surface area contributed by atoms with Gasteiger partial charge in [0.1, 0.15) is 29.4 Å². The van der Waals surface area contributed by atoms with E-state index in [0.29, 0.717) is 24.1 Å². The van der Waals surface area contributed by atoms with E-state index >= 15 is 0 Å². The summed E-state index contributed by atoms with van der Waals surface area (Å²) in [7, 11) is 1.36. The van der Waals surface area contributed by atoms with Crippen molar-refractivity contribution in [2.45, 2.75) is 69.3 Å². The van der Waals surface area contributed by atoms with Crippen LogP contribution in [0.2, 0.25) is 0 Å². The van der Waals surface area contributed by atoms with E-state index in [9.17, 15) is 31.5 Å². The molecule has 42 heavy (non-hydrogen) atoms. The smallest absolute Gasteiger partial charge is 0.410 e. The largest absolute Gasteiger partial charge is 0.438 e. The van der Waals surface area contributed by atoms with Crippen LogP contribution in [0, 0.1) is 5.92 Å². The molecule has 10 nitrogen and oxygen atoms in total.